The zero-order chi connectivity index (χ0) is 16.8. The summed E-state index contributed by atoms with van der Waals surface area (Å²) in [6.45, 7) is 0.870. The van der Waals surface area contributed by atoms with E-state index < -0.39 is 6.10 Å². The lowest BCUT2D eigenvalue weighted by Crippen LogP contribution is -2.36. The Bertz CT molecular complexity index is 660. The van der Waals surface area contributed by atoms with Crippen molar-refractivity contribution in [3.05, 3.63) is 52.8 Å². The molecule has 0 aliphatic heterocycles. The van der Waals surface area contributed by atoms with Gasteiger partial charge in [-0.05, 0) is 11.6 Å². The van der Waals surface area contributed by atoms with E-state index in [9.17, 15) is 9.90 Å². The number of halogens is 1. The number of hydrogen-bond donors (Lipinski definition) is 1. The molecule has 0 fully saturated rings. The maximum absolute atomic E-state index is 12.3. The van der Waals surface area contributed by atoms with Crippen molar-refractivity contribution in [2.45, 2.75) is 12.6 Å². The molecule has 6 nitrogen and oxygen atoms in total. The monoisotopic (exact) mass is 337 g/mol. The summed E-state index contributed by atoms with van der Waals surface area (Å²) >= 11 is 6.13. The number of nitrogens with zero attached hydrogens (tertiary/aromatic N) is 3. The number of aliphatic hydroxyl groups excluding tert-OH is 1. The molecule has 0 aliphatic carbocycles. The number of amides is 1. The molecule has 0 aliphatic rings. The number of aromatic nitrogens is 2. The van der Waals surface area contributed by atoms with Crippen LogP contribution >= 0.6 is 11.6 Å². The SMILES string of the molecule is COCC(O)CN(C)C(=O)c1cnn(Cc2ccccc2Cl)c1. The van der Waals surface area contributed by atoms with Crippen LogP contribution in [0.15, 0.2) is 36.7 Å². The van der Waals surface area contributed by atoms with Crippen molar-refractivity contribution in [3.63, 3.8) is 0 Å². The molecule has 124 valence electrons. The van der Waals surface area contributed by atoms with Gasteiger partial charge in [0.05, 0.1) is 31.0 Å². The van der Waals surface area contributed by atoms with Crippen LogP contribution in [0.2, 0.25) is 5.02 Å². The number of hydrogen-bond acceptors (Lipinski definition) is 4. The first-order chi connectivity index (χ1) is 11.0. The molecule has 0 saturated carbocycles. The molecule has 1 atom stereocenters. The summed E-state index contributed by atoms with van der Waals surface area (Å²) in [6.07, 6.45) is 2.47. The minimum Gasteiger partial charge on any atom is -0.389 e. The Kier molecular flexibility index (Phi) is 6.15. The number of ether oxygens (including phenoxy) is 1. The maximum atomic E-state index is 12.3. The van der Waals surface area contributed by atoms with Gasteiger partial charge in [-0.25, -0.2) is 0 Å². The molecule has 1 aromatic carbocycles. The number of benzene rings is 1. The van der Waals surface area contributed by atoms with Crippen molar-refractivity contribution < 1.29 is 14.6 Å². The Morgan fingerprint density at radius 3 is 2.91 bits per heavy atom. The zero-order valence-corrected chi connectivity index (χ0v) is 13.9. The van der Waals surface area contributed by atoms with Crippen molar-refractivity contribution in [3.8, 4) is 0 Å². The van der Waals surface area contributed by atoms with Crippen LogP contribution in [0, 0.1) is 0 Å². The third kappa shape index (κ3) is 4.79. The maximum Gasteiger partial charge on any atom is 0.256 e. The van der Waals surface area contributed by atoms with E-state index in [4.69, 9.17) is 16.3 Å². The van der Waals surface area contributed by atoms with Crippen LogP contribution in [0.5, 0.6) is 0 Å². The van der Waals surface area contributed by atoms with E-state index in [1.54, 1.807) is 17.9 Å². The Morgan fingerprint density at radius 2 is 2.22 bits per heavy atom. The van der Waals surface area contributed by atoms with Gasteiger partial charge in [0.15, 0.2) is 0 Å². The van der Waals surface area contributed by atoms with E-state index in [0.29, 0.717) is 17.1 Å². The Morgan fingerprint density at radius 1 is 1.48 bits per heavy atom. The van der Waals surface area contributed by atoms with Crippen LogP contribution in [0.25, 0.3) is 0 Å². The van der Waals surface area contributed by atoms with Crippen LogP contribution in [-0.2, 0) is 11.3 Å². The van der Waals surface area contributed by atoms with E-state index in [0.717, 1.165) is 5.56 Å². The molecular weight excluding hydrogens is 318 g/mol. The molecule has 23 heavy (non-hydrogen) atoms. The van der Waals surface area contributed by atoms with Gasteiger partial charge in [0.1, 0.15) is 0 Å². The minimum absolute atomic E-state index is 0.184. The van der Waals surface area contributed by atoms with E-state index in [1.807, 2.05) is 24.3 Å². The van der Waals surface area contributed by atoms with Crippen LogP contribution in [0.4, 0.5) is 0 Å². The normalized spacial score (nSPS) is 12.2. The Labute approximate surface area is 140 Å². The van der Waals surface area contributed by atoms with E-state index in [2.05, 4.69) is 5.10 Å². The van der Waals surface area contributed by atoms with Crippen LogP contribution < -0.4 is 0 Å². The van der Waals surface area contributed by atoms with Gasteiger partial charge in [0, 0.05) is 31.9 Å². The van der Waals surface area contributed by atoms with E-state index in [-0.39, 0.29) is 19.1 Å². The number of carbonyl (C=O) groups excluding carboxylic acids is 1. The smallest absolute Gasteiger partial charge is 0.256 e. The lowest BCUT2D eigenvalue weighted by Gasteiger charge is -2.19. The van der Waals surface area contributed by atoms with Crippen LogP contribution in [0.1, 0.15) is 15.9 Å². The topological polar surface area (TPSA) is 67.6 Å². The van der Waals surface area contributed by atoms with Gasteiger partial charge in [-0.2, -0.15) is 5.10 Å². The van der Waals surface area contributed by atoms with Crippen LogP contribution in [-0.4, -0.2) is 59.1 Å². The summed E-state index contributed by atoms with van der Waals surface area (Å²) in [6, 6.07) is 7.50. The van der Waals surface area contributed by atoms with Gasteiger partial charge >= 0.3 is 0 Å². The lowest BCUT2D eigenvalue weighted by atomic mass is 10.2. The van der Waals surface area contributed by atoms with Gasteiger partial charge in [-0.3, -0.25) is 9.48 Å². The molecule has 1 amide bonds. The second kappa shape index (κ2) is 8.10. The molecule has 0 radical (unpaired) electrons. The quantitative estimate of drug-likeness (QED) is 0.834. The average Bonchev–Trinajstić information content (AvgIpc) is 2.97. The predicted molar refractivity (Wildman–Crippen MR) is 87.6 cm³/mol. The molecule has 1 aromatic heterocycles. The number of methoxy groups -OCH3 is 1. The molecular formula is C16H20ClN3O3. The largest absolute Gasteiger partial charge is 0.389 e. The van der Waals surface area contributed by atoms with Crippen molar-refractivity contribution in [1.29, 1.82) is 0 Å². The average molecular weight is 338 g/mol. The number of carbonyl (C=O) groups is 1. The first-order valence-electron chi connectivity index (χ1n) is 7.19. The summed E-state index contributed by atoms with van der Waals surface area (Å²) in [4.78, 5) is 13.8. The highest BCUT2D eigenvalue weighted by atomic mass is 35.5. The fourth-order valence-corrected chi connectivity index (χ4v) is 2.42. The summed E-state index contributed by atoms with van der Waals surface area (Å²) in [7, 11) is 3.14. The molecule has 1 N–H and O–H groups in total. The molecule has 0 bridgehead atoms. The highest BCUT2D eigenvalue weighted by molar-refractivity contribution is 6.31. The fourth-order valence-electron chi connectivity index (χ4n) is 2.23. The summed E-state index contributed by atoms with van der Waals surface area (Å²) in [5.41, 5.74) is 1.39. The van der Waals surface area contributed by atoms with E-state index >= 15 is 0 Å². The zero-order valence-electron chi connectivity index (χ0n) is 13.1. The predicted octanol–water partition coefficient (Wildman–Crippen LogP) is 1.66. The van der Waals surface area contributed by atoms with E-state index in [1.165, 1.54) is 18.2 Å². The fraction of sp³-hybridized carbons (Fsp3) is 0.375. The third-order valence-electron chi connectivity index (χ3n) is 3.36. The Balaban J connectivity index is 2.01. The molecule has 1 unspecified atom stereocenters. The van der Waals surface area contributed by atoms with Gasteiger partial charge in [0.2, 0.25) is 0 Å². The highest BCUT2D eigenvalue weighted by Gasteiger charge is 2.17. The number of rotatable bonds is 7. The number of likely N-dealkylation sites (N-methyl/N-ethyl adjacent to an activating group) is 1. The lowest BCUT2D eigenvalue weighted by molar-refractivity contribution is 0.0380. The van der Waals surface area contributed by atoms with Gasteiger partial charge in [-0.15, -0.1) is 0 Å². The molecule has 0 spiro atoms. The molecule has 7 heteroatoms. The number of aliphatic hydroxyl groups is 1. The van der Waals surface area contributed by atoms with Crippen LogP contribution in [0.3, 0.4) is 0 Å². The third-order valence-corrected chi connectivity index (χ3v) is 3.73. The Hall–Kier alpha value is -1.89. The second-order valence-corrected chi connectivity index (χ2v) is 5.72. The summed E-state index contributed by atoms with van der Waals surface area (Å²) in [5.74, 6) is -0.203. The van der Waals surface area contributed by atoms with Gasteiger partial charge < -0.3 is 14.7 Å². The molecule has 1 heterocycles. The molecule has 2 rings (SSSR count). The second-order valence-electron chi connectivity index (χ2n) is 5.31. The van der Waals surface area contributed by atoms with Crippen molar-refractivity contribution in [1.82, 2.24) is 14.7 Å². The standard InChI is InChI=1S/C16H20ClN3O3/c1-19(10-14(21)11-23-2)16(22)13-7-18-20(9-13)8-12-5-3-4-6-15(12)17/h3-7,9,14,21H,8,10-11H2,1-2H3. The summed E-state index contributed by atoms with van der Waals surface area (Å²) < 4.78 is 6.52. The van der Waals surface area contributed by atoms with Crippen molar-refractivity contribution >= 4 is 17.5 Å². The first-order valence-corrected chi connectivity index (χ1v) is 7.57. The van der Waals surface area contributed by atoms with Crippen molar-refractivity contribution in [2.24, 2.45) is 0 Å². The molecule has 2 aromatic rings. The van der Waals surface area contributed by atoms with Gasteiger partial charge in [0.25, 0.3) is 5.91 Å². The molecule has 0 saturated heterocycles. The summed E-state index contributed by atoms with van der Waals surface area (Å²) in [5, 5.41) is 14.5. The first kappa shape index (κ1) is 17.5. The van der Waals surface area contributed by atoms with Gasteiger partial charge in [-0.1, -0.05) is 29.8 Å². The minimum atomic E-state index is -0.716. The highest BCUT2D eigenvalue weighted by Crippen LogP contribution is 2.16. The van der Waals surface area contributed by atoms with Crippen molar-refractivity contribution in [2.75, 3.05) is 27.3 Å².